The van der Waals surface area contributed by atoms with Crippen molar-refractivity contribution in [1.82, 2.24) is 4.98 Å². The number of hydrogen-bond donors (Lipinski definition) is 0. The van der Waals surface area contributed by atoms with Crippen LogP contribution in [0.15, 0.2) is 104 Å². The molecule has 0 saturated heterocycles. The molecule has 4 aromatic rings. The van der Waals surface area contributed by atoms with Crippen molar-refractivity contribution in [2.45, 2.75) is 0 Å². The van der Waals surface area contributed by atoms with Crippen molar-refractivity contribution in [3.8, 4) is 11.5 Å². The van der Waals surface area contributed by atoms with Crippen molar-refractivity contribution in [2.75, 3.05) is 25.2 Å². The van der Waals surface area contributed by atoms with Gasteiger partial charge in [-0.15, -0.1) is 6.58 Å². The van der Waals surface area contributed by atoms with Crippen LogP contribution in [0.5, 0.6) is 11.5 Å². The van der Waals surface area contributed by atoms with Crippen LogP contribution in [0.3, 0.4) is 0 Å². The summed E-state index contributed by atoms with van der Waals surface area (Å²) in [5.41, 5.74) is 4.14. The molecule has 5 nitrogen and oxygen atoms in total. The topological polar surface area (TPSA) is 51.7 Å². The highest BCUT2D eigenvalue weighted by Gasteiger charge is 2.13. The zero-order valence-electron chi connectivity index (χ0n) is 20.6. The zero-order valence-corrected chi connectivity index (χ0v) is 21.3. The average molecular weight is 511 g/mol. The highest BCUT2D eigenvalue weighted by Crippen LogP contribution is 2.33. The molecule has 0 fully saturated rings. The van der Waals surface area contributed by atoms with Gasteiger partial charge in [-0.3, -0.25) is 9.78 Å². The summed E-state index contributed by atoms with van der Waals surface area (Å²) in [5, 5.41) is 1.62. The summed E-state index contributed by atoms with van der Waals surface area (Å²) < 4.78 is 11.0. The Morgan fingerprint density at radius 1 is 1.00 bits per heavy atom. The number of anilines is 2. The Labute approximate surface area is 221 Å². The highest BCUT2D eigenvalue weighted by atomic mass is 35.5. The number of nitrogens with zero attached hydrogens (tertiary/aromatic N) is 2. The van der Waals surface area contributed by atoms with Gasteiger partial charge in [0.2, 0.25) is 0 Å². The standard InChI is InChI=1S/C31H27ClN2O3/c1-4-18-34(28-16-17-33-27-21-24(32)10-13-26(27)28)25-11-8-23(9-12-25)29(35)14-6-22-7-15-30(37-19-5-2)31(20-22)36-3/h4-17,20-21H,1-2,18-19H2,3H3/b14-6+. The number of fused-ring (bicyclic) bond motifs is 1. The van der Waals surface area contributed by atoms with Crippen LogP contribution < -0.4 is 14.4 Å². The van der Waals surface area contributed by atoms with E-state index in [4.69, 9.17) is 21.1 Å². The second kappa shape index (κ2) is 12.1. The third-order valence-electron chi connectivity index (χ3n) is 5.72. The van der Waals surface area contributed by atoms with E-state index in [-0.39, 0.29) is 5.78 Å². The van der Waals surface area contributed by atoms with Gasteiger partial charge in [0, 0.05) is 34.4 Å². The lowest BCUT2D eigenvalue weighted by atomic mass is 10.1. The third kappa shape index (κ3) is 6.08. The average Bonchev–Trinajstić information content (AvgIpc) is 2.93. The first kappa shape index (κ1) is 25.7. The van der Waals surface area contributed by atoms with Gasteiger partial charge in [-0.1, -0.05) is 42.5 Å². The molecule has 6 heteroatoms. The van der Waals surface area contributed by atoms with Crippen molar-refractivity contribution in [3.63, 3.8) is 0 Å². The number of ketones is 1. The molecule has 0 spiro atoms. The fourth-order valence-electron chi connectivity index (χ4n) is 3.94. The van der Waals surface area contributed by atoms with Gasteiger partial charge in [-0.25, -0.2) is 0 Å². The molecule has 0 bridgehead atoms. The quantitative estimate of drug-likeness (QED) is 0.118. The molecule has 4 rings (SSSR count). The largest absolute Gasteiger partial charge is 0.493 e. The van der Waals surface area contributed by atoms with E-state index in [0.29, 0.717) is 35.2 Å². The number of benzene rings is 3. The number of aromatic nitrogens is 1. The molecular formula is C31H27ClN2O3. The molecular weight excluding hydrogens is 484 g/mol. The molecule has 1 aromatic heterocycles. The monoisotopic (exact) mass is 510 g/mol. The number of rotatable bonds is 11. The smallest absolute Gasteiger partial charge is 0.185 e. The fraction of sp³-hybridized carbons (Fsp3) is 0.0968. The summed E-state index contributed by atoms with van der Waals surface area (Å²) in [6.45, 7) is 8.54. The predicted molar refractivity (Wildman–Crippen MR) is 152 cm³/mol. The minimum atomic E-state index is -0.100. The van der Waals surface area contributed by atoms with Gasteiger partial charge in [-0.05, 0) is 72.3 Å². The Balaban J connectivity index is 1.55. The molecule has 0 unspecified atom stereocenters. The highest BCUT2D eigenvalue weighted by molar-refractivity contribution is 6.31. The van der Waals surface area contributed by atoms with Crippen LogP contribution in [0, 0.1) is 0 Å². The number of hydrogen-bond acceptors (Lipinski definition) is 5. The second-order valence-corrected chi connectivity index (χ2v) is 8.58. The molecule has 0 saturated carbocycles. The lowest BCUT2D eigenvalue weighted by molar-refractivity contribution is 0.104. The predicted octanol–water partition coefficient (Wildman–Crippen LogP) is 7.68. The summed E-state index contributed by atoms with van der Waals surface area (Å²) in [5.74, 6) is 1.11. The van der Waals surface area contributed by atoms with Crippen molar-refractivity contribution in [3.05, 3.63) is 120 Å². The number of carbonyl (C=O) groups is 1. The van der Waals surface area contributed by atoms with Crippen molar-refractivity contribution < 1.29 is 14.3 Å². The van der Waals surface area contributed by atoms with Gasteiger partial charge >= 0.3 is 0 Å². The number of pyridine rings is 1. The van der Waals surface area contributed by atoms with Gasteiger partial charge in [0.1, 0.15) is 6.61 Å². The van der Waals surface area contributed by atoms with E-state index in [9.17, 15) is 4.79 Å². The third-order valence-corrected chi connectivity index (χ3v) is 5.95. The number of ether oxygens (including phenoxy) is 2. The number of methoxy groups -OCH3 is 1. The molecule has 3 aromatic carbocycles. The Morgan fingerprint density at radius 2 is 1.81 bits per heavy atom. The molecule has 186 valence electrons. The maximum atomic E-state index is 12.9. The van der Waals surface area contributed by atoms with E-state index in [1.807, 2.05) is 72.8 Å². The van der Waals surface area contributed by atoms with Gasteiger partial charge in [-0.2, -0.15) is 0 Å². The van der Waals surface area contributed by atoms with Crippen LogP contribution in [0.1, 0.15) is 15.9 Å². The summed E-state index contributed by atoms with van der Waals surface area (Å²) >= 11 is 6.16. The maximum absolute atomic E-state index is 12.9. The lowest BCUT2D eigenvalue weighted by Crippen LogP contribution is -2.17. The van der Waals surface area contributed by atoms with E-state index in [1.54, 1.807) is 31.5 Å². The summed E-state index contributed by atoms with van der Waals surface area (Å²) in [6.07, 6.45) is 8.58. The molecule has 0 aliphatic heterocycles. The normalized spacial score (nSPS) is 10.9. The van der Waals surface area contributed by atoms with E-state index in [0.717, 1.165) is 27.8 Å². The van der Waals surface area contributed by atoms with Gasteiger partial charge in [0.25, 0.3) is 0 Å². The minimum Gasteiger partial charge on any atom is -0.493 e. The molecule has 0 atom stereocenters. The maximum Gasteiger partial charge on any atom is 0.185 e. The molecule has 0 aliphatic carbocycles. The number of halogens is 1. The van der Waals surface area contributed by atoms with Crippen LogP contribution in [0.25, 0.3) is 17.0 Å². The van der Waals surface area contributed by atoms with Crippen LogP contribution in [0.4, 0.5) is 11.4 Å². The Kier molecular flexibility index (Phi) is 8.39. The van der Waals surface area contributed by atoms with Crippen molar-refractivity contribution >= 4 is 45.7 Å². The molecule has 1 heterocycles. The van der Waals surface area contributed by atoms with E-state index >= 15 is 0 Å². The van der Waals surface area contributed by atoms with E-state index < -0.39 is 0 Å². The fourth-order valence-corrected chi connectivity index (χ4v) is 4.11. The van der Waals surface area contributed by atoms with Gasteiger partial charge < -0.3 is 14.4 Å². The first-order valence-electron chi connectivity index (χ1n) is 11.7. The lowest BCUT2D eigenvalue weighted by Gasteiger charge is -2.25. The SMILES string of the molecule is C=CCOc1ccc(/C=C/C(=O)c2ccc(N(CC=C)c3ccnc4cc(Cl)ccc34)cc2)cc1OC. The summed E-state index contributed by atoms with van der Waals surface area (Å²) in [6, 6.07) is 20.6. The Morgan fingerprint density at radius 3 is 2.54 bits per heavy atom. The van der Waals surface area contributed by atoms with Gasteiger partial charge in [0.05, 0.1) is 18.3 Å². The Hall–Kier alpha value is -4.35. The number of allylic oxidation sites excluding steroid dienone is 1. The molecule has 0 amide bonds. The van der Waals surface area contributed by atoms with Crippen LogP contribution in [-0.4, -0.2) is 31.0 Å². The van der Waals surface area contributed by atoms with Gasteiger partial charge in [0.15, 0.2) is 17.3 Å². The first-order valence-corrected chi connectivity index (χ1v) is 12.1. The minimum absolute atomic E-state index is 0.100. The first-order chi connectivity index (χ1) is 18.0. The van der Waals surface area contributed by atoms with Crippen molar-refractivity contribution in [1.29, 1.82) is 0 Å². The molecule has 0 N–H and O–H groups in total. The molecule has 0 radical (unpaired) electrons. The second-order valence-electron chi connectivity index (χ2n) is 8.15. The summed E-state index contributed by atoms with van der Waals surface area (Å²) in [7, 11) is 1.58. The summed E-state index contributed by atoms with van der Waals surface area (Å²) in [4.78, 5) is 19.4. The number of carbonyl (C=O) groups excluding carboxylic acids is 1. The molecule has 37 heavy (non-hydrogen) atoms. The molecule has 0 aliphatic rings. The Bertz CT molecular complexity index is 1460. The van der Waals surface area contributed by atoms with Crippen LogP contribution in [0.2, 0.25) is 5.02 Å². The van der Waals surface area contributed by atoms with E-state index in [1.165, 1.54) is 0 Å². The zero-order chi connectivity index (χ0) is 26.2. The van der Waals surface area contributed by atoms with E-state index in [2.05, 4.69) is 23.0 Å². The van der Waals surface area contributed by atoms with Crippen molar-refractivity contribution in [2.24, 2.45) is 0 Å². The van der Waals surface area contributed by atoms with Crippen LogP contribution >= 0.6 is 11.6 Å². The van der Waals surface area contributed by atoms with Crippen LogP contribution in [-0.2, 0) is 0 Å².